The van der Waals surface area contributed by atoms with Crippen molar-refractivity contribution < 1.29 is 4.79 Å². The lowest BCUT2D eigenvalue weighted by atomic mass is 10.0. The van der Waals surface area contributed by atoms with Crippen molar-refractivity contribution in [1.29, 1.82) is 0 Å². The Morgan fingerprint density at radius 2 is 2.12 bits per heavy atom. The van der Waals surface area contributed by atoms with Crippen LogP contribution in [-0.2, 0) is 0 Å². The predicted molar refractivity (Wildman–Crippen MR) is 68.0 cm³/mol. The van der Waals surface area contributed by atoms with Crippen LogP contribution < -0.4 is 11.1 Å². The molecule has 0 aliphatic heterocycles. The maximum atomic E-state index is 12.0. The van der Waals surface area contributed by atoms with Crippen molar-refractivity contribution in [3.63, 3.8) is 0 Å². The molecule has 0 bridgehead atoms. The van der Waals surface area contributed by atoms with Crippen LogP contribution in [0, 0.1) is 6.92 Å². The maximum Gasteiger partial charge on any atom is 0.272 e. The van der Waals surface area contributed by atoms with Crippen molar-refractivity contribution in [3.8, 4) is 0 Å². The summed E-state index contributed by atoms with van der Waals surface area (Å²) in [7, 11) is 0. The first kappa shape index (κ1) is 13.7. The summed E-state index contributed by atoms with van der Waals surface area (Å²) in [6, 6.07) is 0. The van der Waals surface area contributed by atoms with Crippen molar-refractivity contribution >= 4 is 5.91 Å². The molecule has 0 unspecified atom stereocenters. The Kier molecular flexibility index (Phi) is 3.93. The SMILES string of the molecule is Cc1c(C(=O)NC(C)(C)CN)n[nH]c1C(C)C. The van der Waals surface area contributed by atoms with E-state index in [2.05, 4.69) is 29.4 Å². The zero-order chi connectivity index (χ0) is 13.2. The largest absolute Gasteiger partial charge is 0.344 e. The molecule has 1 aromatic rings. The van der Waals surface area contributed by atoms with E-state index in [9.17, 15) is 4.79 Å². The summed E-state index contributed by atoms with van der Waals surface area (Å²) in [5, 5.41) is 9.86. The molecule has 1 heterocycles. The number of nitrogens with two attached hydrogens (primary N) is 1. The van der Waals surface area contributed by atoms with Gasteiger partial charge in [-0.15, -0.1) is 0 Å². The number of carbonyl (C=O) groups excluding carboxylic acids is 1. The molecule has 0 saturated carbocycles. The van der Waals surface area contributed by atoms with Crippen LogP contribution in [0.2, 0.25) is 0 Å². The van der Waals surface area contributed by atoms with Crippen molar-refractivity contribution in [2.24, 2.45) is 5.73 Å². The van der Waals surface area contributed by atoms with Crippen molar-refractivity contribution in [2.75, 3.05) is 6.54 Å². The lowest BCUT2D eigenvalue weighted by Gasteiger charge is -2.23. The summed E-state index contributed by atoms with van der Waals surface area (Å²) in [6.07, 6.45) is 0. The molecular weight excluding hydrogens is 216 g/mol. The Bertz CT molecular complexity index is 407. The lowest BCUT2D eigenvalue weighted by Crippen LogP contribution is -2.49. The van der Waals surface area contributed by atoms with Crippen LogP contribution >= 0.6 is 0 Å². The van der Waals surface area contributed by atoms with Crippen molar-refractivity contribution in [2.45, 2.75) is 46.1 Å². The lowest BCUT2D eigenvalue weighted by molar-refractivity contribution is 0.0910. The summed E-state index contributed by atoms with van der Waals surface area (Å²) in [5.41, 5.74) is 7.53. The standard InChI is InChI=1S/C12H22N4O/c1-7(2)9-8(3)10(16-15-9)11(17)14-12(4,5)6-13/h7H,6,13H2,1-5H3,(H,14,17)(H,15,16). The minimum atomic E-state index is -0.416. The third-order valence-corrected chi connectivity index (χ3v) is 2.80. The molecule has 1 amide bonds. The van der Waals surface area contributed by atoms with Gasteiger partial charge in [-0.05, 0) is 26.7 Å². The third kappa shape index (κ3) is 3.06. The number of nitrogens with zero attached hydrogens (tertiary/aromatic N) is 1. The normalized spacial score (nSPS) is 11.9. The molecule has 5 nitrogen and oxygen atoms in total. The Morgan fingerprint density at radius 1 is 1.53 bits per heavy atom. The van der Waals surface area contributed by atoms with Gasteiger partial charge >= 0.3 is 0 Å². The van der Waals surface area contributed by atoms with Gasteiger partial charge in [-0.2, -0.15) is 5.10 Å². The first-order chi connectivity index (χ1) is 7.78. The highest BCUT2D eigenvalue weighted by Crippen LogP contribution is 2.19. The molecule has 0 radical (unpaired) electrons. The summed E-state index contributed by atoms with van der Waals surface area (Å²) < 4.78 is 0. The number of carbonyl (C=O) groups is 1. The quantitative estimate of drug-likeness (QED) is 0.739. The monoisotopic (exact) mass is 238 g/mol. The van der Waals surface area contributed by atoms with Gasteiger partial charge in [0.2, 0.25) is 0 Å². The zero-order valence-electron chi connectivity index (χ0n) is 11.2. The average molecular weight is 238 g/mol. The molecule has 4 N–H and O–H groups in total. The second-order valence-corrected chi connectivity index (χ2v) is 5.31. The highest BCUT2D eigenvalue weighted by molar-refractivity contribution is 5.94. The number of aromatic amines is 1. The van der Waals surface area contributed by atoms with Gasteiger partial charge in [0.1, 0.15) is 0 Å². The molecule has 96 valence electrons. The summed E-state index contributed by atoms with van der Waals surface area (Å²) in [5.74, 6) is 0.146. The topological polar surface area (TPSA) is 83.8 Å². The fraction of sp³-hybridized carbons (Fsp3) is 0.667. The number of hydrogen-bond donors (Lipinski definition) is 3. The first-order valence-electron chi connectivity index (χ1n) is 5.86. The molecule has 17 heavy (non-hydrogen) atoms. The number of aromatic nitrogens is 2. The van der Waals surface area contributed by atoms with Gasteiger partial charge in [0, 0.05) is 23.3 Å². The summed E-state index contributed by atoms with van der Waals surface area (Å²) >= 11 is 0. The van der Waals surface area contributed by atoms with Crippen molar-refractivity contribution in [3.05, 3.63) is 17.0 Å². The molecular formula is C12H22N4O. The first-order valence-corrected chi connectivity index (χ1v) is 5.86. The van der Waals surface area contributed by atoms with E-state index in [0.29, 0.717) is 18.2 Å². The number of rotatable bonds is 4. The van der Waals surface area contributed by atoms with Gasteiger partial charge in [0.25, 0.3) is 5.91 Å². The Hall–Kier alpha value is -1.36. The zero-order valence-corrected chi connectivity index (χ0v) is 11.2. The van der Waals surface area contributed by atoms with Gasteiger partial charge < -0.3 is 11.1 Å². The van der Waals surface area contributed by atoms with Gasteiger partial charge in [-0.3, -0.25) is 9.89 Å². The molecule has 0 saturated heterocycles. The van der Waals surface area contributed by atoms with Crippen LogP contribution in [0.1, 0.15) is 55.4 Å². The van der Waals surface area contributed by atoms with E-state index in [-0.39, 0.29) is 5.91 Å². The van der Waals surface area contributed by atoms with Gasteiger partial charge in [0.15, 0.2) is 5.69 Å². The molecule has 5 heteroatoms. The third-order valence-electron chi connectivity index (χ3n) is 2.80. The predicted octanol–water partition coefficient (Wildman–Crippen LogP) is 1.31. The second kappa shape index (κ2) is 4.87. The average Bonchev–Trinajstić information content (AvgIpc) is 2.59. The van der Waals surface area contributed by atoms with Gasteiger partial charge in [-0.25, -0.2) is 0 Å². The Balaban J connectivity index is 2.91. The molecule has 0 fully saturated rings. The van der Waals surface area contributed by atoms with Gasteiger partial charge in [0.05, 0.1) is 0 Å². The number of nitrogens with one attached hydrogen (secondary N) is 2. The minimum Gasteiger partial charge on any atom is -0.344 e. The molecule has 0 spiro atoms. The van der Waals surface area contributed by atoms with E-state index in [1.165, 1.54) is 0 Å². The van der Waals surface area contributed by atoms with Crippen LogP contribution in [0.25, 0.3) is 0 Å². The number of hydrogen-bond acceptors (Lipinski definition) is 3. The van der Waals surface area contributed by atoms with Crippen molar-refractivity contribution in [1.82, 2.24) is 15.5 Å². The highest BCUT2D eigenvalue weighted by Gasteiger charge is 2.23. The minimum absolute atomic E-state index is 0.180. The molecule has 1 rings (SSSR count). The van der Waals surface area contributed by atoms with E-state index < -0.39 is 5.54 Å². The van der Waals surface area contributed by atoms with E-state index in [0.717, 1.165) is 11.3 Å². The molecule has 0 aliphatic rings. The van der Waals surface area contributed by atoms with Crippen LogP contribution in [0.5, 0.6) is 0 Å². The highest BCUT2D eigenvalue weighted by atomic mass is 16.2. The Morgan fingerprint density at radius 3 is 2.53 bits per heavy atom. The second-order valence-electron chi connectivity index (χ2n) is 5.31. The summed E-state index contributed by atoms with van der Waals surface area (Å²) in [6.45, 7) is 10.2. The van der Waals surface area contributed by atoms with Gasteiger partial charge in [-0.1, -0.05) is 13.8 Å². The van der Waals surface area contributed by atoms with E-state index in [1.54, 1.807) is 0 Å². The van der Waals surface area contributed by atoms with E-state index >= 15 is 0 Å². The van der Waals surface area contributed by atoms with Crippen LogP contribution in [0.15, 0.2) is 0 Å². The molecule has 1 aromatic heterocycles. The Labute approximate surface area is 102 Å². The maximum absolute atomic E-state index is 12.0. The molecule has 0 atom stereocenters. The molecule has 0 aliphatic carbocycles. The van der Waals surface area contributed by atoms with Crippen LogP contribution in [-0.4, -0.2) is 28.2 Å². The number of H-pyrrole nitrogens is 1. The smallest absolute Gasteiger partial charge is 0.272 e. The van der Waals surface area contributed by atoms with E-state index in [1.807, 2.05) is 20.8 Å². The van der Waals surface area contributed by atoms with E-state index in [4.69, 9.17) is 5.73 Å². The summed E-state index contributed by atoms with van der Waals surface area (Å²) in [4.78, 5) is 12.0. The molecule has 0 aromatic carbocycles. The van der Waals surface area contributed by atoms with Crippen LogP contribution in [0.3, 0.4) is 0 Å². The van der Waals surface area contributed by atoms with Crippen LogP contribution in [0.4, 0.5) is 0 Å². The fourth-order valence-electron chi connectivity index (χ4n) is 1.61. The number of amides is 1. The fourth-order valence-corrected chi connectivity index (χ4v) is 1.61.